The normalized spacial score (nSPS) is 10.6. The molecule has 5 heteroatoms. The van der Waals surface area contributed by atoms with Crippen molar-refractivity contribution in [3.8, 4) is 5.69 Å². The third kappa shape index (κ3) is 2.20. The Labute approximate surface area is 104 Å². The molecule has 2 N–H and O–H groups in total. The van der Waals surface area contributed by atoms with E-state index in [1.54, 1.807) is 11.6 Å². The van der Waals surface area contributed by atoms with Crippen LogP contribution in [0.2, 0.25) is 0 Å². The summed E-state index contributed by atoms with van der Waals surface area (Å²) < 4.78 is 1.61. The van der Waals surface area contributed by atoms with E-state index in [1.165, 1.54) is 0 Å². The summed E-state index contributed by atoms with van der Waals surface area (Å²) in [4.78, 5) is 22.4. The molecule has 0 atom stereocenters. The molecule has 0 bridgehead atoms. The van der Waals surface area contributed by atoms with Crippen molar-refractivity contribution in [2.45, 2.75) is 20.3 Å². The maximum absolute atomic E-state index is 11.7. The number of carboxylic acid groups (broad SMARTS) is 1. The number of carboxylic acids is 1. The zero-order chi connectivity index (χ0) is 13.3. The molecular formula is C13H14N2O3. The molecule has 0 fully saturated rings. The van der Waals surface area contributed by atoms with Gasteiger partial charge >= 0.3 is 5.97 Å². The predicted molar refractivity (Wildman–Crippen MR) is 67.2 cm³/mol. The van der Waals surface area contributed by atoms with Crippen molar-refractivity contribution < 1.29 is 9.90 Å². The molecule has 18 heavy (non-hydrogen) atoms. The van der Waals surface area contributed by atoms with E-state index in [-0.39, 0.29) is 12.0 Å². The molecule has 0 aliphatic carbocycles. The maximum Gasteiger partial charge on any atom is 0.308 e. The Kier molecular flexibility index (Phi) is 3.06. The number of aromatic amines is 1. The summed E-state index contributed by atoms with van der Waals surface area (Å²) in [6.07, 6.45) is -0.264. The first kappa shape index (κ1) is 12.2. The molecule has 0 spiro atoms. The van der Waals surface area contributed by atoms with Gasteiger partial charge in [0.05, 0.1) is 17.7 Å². The van der Waals surface area contributed by atoms with Crippen LogP contribution in [0.5, 0.6) is 0 Å². The fourth-order valence-corrected chi connectivity index (χ4v) is 1.86. The fourth-order valence-electron chi connectivity index (χ4n) is 1.86. The molecule has 94 valence electrons. The minimum Gasteiger partial charge on any atom is -0.481 e. The predicted octanol–water partition coefficient (Wildman–Crippen LogP) is 1.41. The van der Waals surface area contributed by atoms with E-state index in [1.807, 2.05) is 31.2 Å². The highest BCUT2D eigenvalue weighted by molar-refractivity contribution is 5.70. The summed E-state index contributed by atoms with van der Waals surface area (Å²) >= 11 is 0. The highest BCUT2D eigenvalue weighted by Gasteiger charge is 2.14. The van der Waals surface area contributed by atoms with E-state index in [2.05, 4.69) is 5.10 Å². The third-order valence-electron chi connectivity index (χ3n) is 2.88. The van der Waals surface area contributed by atoms with Crippen molar-refractivity contribution in [1.82, 2.24) is 9.78 Å². The second-order valence-electron chi connectivity index (χ2n) is 4.25. The van der Waals surface area contributed by atoms with Crippen molar-refractivity contribution >= 4 is 5.97 Å². The Morgan fingerprint density at radius 2 is 1.89 bits per heavy atom. The summed E-state index contributed by atoms with van der Waals surface area (Å²) in [7, 11) is 0. The van der Waals surface area contributed by atoms with E-state index in [0.717, 1.165) is 11.3 Å². The van der Waals surface area contributed by atoms with E-state index in [9.17, 15) is 9.59 Å². The van der Waals surface area contributed by atoms with Crippen LogP contribution in [0.4, 0.5) is 0 Å². The standard InChI is InChI=1S/C13H14N2O3/c1-8-3-5-10(6-4-8)15-9(2)11(7-12(16)17)13(18)14-15/h3-6H,7H2,1-2H3,(H,14,18)(H,16,17). The summed E-state index contributed by atoms with van der Waals surface area (Å²) in [6, 6.07) is 7.62. The van der Waals surface area contributed by atoms with Gasteiger partial charge in [-0.25, -0.2) is 0 Å². The van der Waals surface area contributed by atoms with Crippen molar-refractivity contribution in [1.29, 1.82) is 0 Å². The second-order valence-corrected chi connectivity index (χ2v) is 4.25. The number of nitrogens with zero attached hydrogens (tertiary/aromatic N) is 1. The van der Waals surface area contributed by atoms with Gasteiger partial charge < -0.3 is 5.11 Å². The van der Waals surface area contributed by atoms with Gasteiger partial charge in [-0.1, -0.05) is 17.7 Å². The van der Waals surface area contributed by atoms with Gasteiger partial charge in [-0.3, -0.25) is 19.4 Å². The van der Waals surface area contributed by atoms with Crippen molar-refractivity contribution in [3.63, 3.8) is 0 Å². The zero-order valence-corrected chi connectivity index (χ0v) is 10.2. The highest BCUT2D eigenvalue weighted by Crippen LogP contribution is 2.12. The van der Waals surface area contributed by atoms with Crippen molar-refractivity contribution in [2.75, 3.05) is 0 Å². The Bertz CT molecular complexity index is 635. The summed E-state index contributed by atoms with van der Waals surface area (Å²) in [5.41, 5.74) is 2.51. The molecule has 0 unspecified atom stereocenters. The molecular weight excluding hydrogens is 232 g/mol. The number of nitrogens with one attached hydrogen (secondary N) is 1. The molecule has 2 aromatic rings. The molecule has 0 amide bonds. The molecule has 0 saturated heterocycles. The monoisotopic (exact) mass is 246 g/mol. The lowest BCUT2D eigenvalue weighted by atomic mass is 10.2. The summed E-state index contributed by atoms with van der Waals surface area (Å²) in [5, 5.41) is 11.4. The van der Waals surface area contributed by atoms with Crippen LogP contribution in [0.3, 0.4) is 0 Å². The first-order valence-corrected chi connectivity index (χ1v) is 5.58. The SMILES string of the molecule is Cc1ccc(-n2[nH]c(=O)c(CC(=O)O)c2C)cc1. The second kappa shape index (κ2) is 4.52. The number of H-pyrrole nitrogens is 1. The smallest absolute Gasteiger partial charge is 0.308 e. The topological polar surface area (TPSA) is 75.1 Å². The van der Waals surface area contributed by atoms with Crippen molar-refractivity contribution in [3.05, 3.63) is 51.4 Å². The lowest BCUT2D eigenvalue weighted by Crippen LogP contribution is -2.11. The number of benzene rings is 1. The van der Waals surface area contributed by atoms with Gasteiger partial charge in [0.1, 0.15) is 0 Å². The molecule has 0 saturated carbocycles. The minimum atomic E-state index is -1.01. The largest absolute Gasteiger partial charge is 0.481 e. The molecule has 2 rings (SSSR count). The first-order chi connectivity index (χ1) is 8.49. The number of aliphatic carboxylic acids is 1. The van der Waals surface area contributed by atoms with Crippen molar-refractivity contribution in [2.24, 2.45) is 0 Å². The Morgan fingerprint density at radius 3 is 2.44 bits per heavy atom. The van der Waals surface area contributed by atoms with Crippen LogP contribution >= 0.6 is 0 Å². The van der Waals surface area contributed by atoms with Crippen LogP contribution in [-0.2, 0) is 11.2 Å². The molecule has 5 nitrogen and oxygen atoms in total. The maximum atomic E-state index is 11.7. The van der Waals surface area contributed by atoms with E-state index in [0.29, 0.717) is 11.3 Å². The lowest BCUT2D eigenvalue weighted by Gasteiger charge is -2.06. The highest BCUT2D eigenvalue weighted by atomic mass is 16.4. The van der Waals surface area contributed by atoms with Gasteiger partial charge in [0.2, 0.25) is 0 Å². The fraction of sp³-hybridized carbons (Fsp3) is 0.231. The minimum absolute atomic E-state index is 0.264. The average Bonchev–Trinajstić information content (AvgIpc) is 2.58. The van der Waals surface area contributed by atoms with E-state index < -0.39 is 5.97 Å². The number of aromatic nitrogens is 2. The van der Waals surface area contributed by atoms with Gasteiger partial charge in [-0.15, -0.1) is 0 Å². The lowest BCUT2D eigenvalue weighted by molar-refractivity contribution is -0.136. The number of aryl methyl sites for hydroxylation is 1. The molecule has 0 radical (unpaired) electrons. The Balaban J connectivity index is 2.50. The van der Waals surface area contributed by atoms with Crippen LogP contribution < -0.4 is 5.56 Å². The summed E-state index contributed by atoms with van der Waals surface area (Å²) in [6.45, 7) is 3.71. The van der Waals surface area contributed by atoms with Gasteiger partial charge in [-0.05, 0) is 26.0 Å². The quantitative estimate of drug-likeness (QED) is 0.859. The molecule has 0 aliphatic rings. The van der Waals surface area contributed by atoms with Crippen LogP contribution in [0.25, 0.3) is 5.69 Å². The van der Waals surface area contributed by atoms with E-state index >= 15 is 0 Å². The number of hydrogen-bond acceptors (Lipinski definition) is 2. The zero-order valence-electron chi connectivity index (χ0n) is 10.2. The van der Waals surface area contributed by atoms with Gasteiger partial charge in [-0.2, -0.15) is 0 Å². The Morgan fingerprint density at radius 1 is 1.28 bits per heavy atom. The number of carbonyl (C=O) groups is 1. The van der Waals surface area contributed by atoms with Crippen LogP contribution in [0.15, 0.2) is 29.1 Å². The van der Waals surface area contributed by atoms with Crippen LogP contribution in [-0.4, -0.2) is 20.9 Å². The van der Waals surface area contributed by atoms with Crippen LogP contribution in [0, 0.1) is 13.8 Å². The summed E-state index contributed by atoms with van der Waals surface area (Å²) in [5.74, 6) is -1.01. The van der Waals surface area contributed by atoms with Gasteiger partial charge in [0.25, 0.3) is 5.56 Å². The number of rotatable bonds is 3. The molecule has 1 heterocycles. The third-order valence-corrected chi connectivity index (χ3v) is 2.88. The Hall–Kier alpha value is -2.30. The number of hydrogen-bond donors (Lipinski definition) is 2. The van der Waals surface area contributed by atoms with Gasteiger partial charge in [0.15, 0.2) is 0 Å². The molecule has 1 aromatic carbocycles. The molecule has 1 aromatic heterocycles. The average molecular weight is 246 g/mol. The first-order valence-electron chi connectivity index (χ1n) is 5.58. The van der Waals surface area contributed by atoms with E-state index in [4.69, 9.17) is 5.11 Å². The molecule has 0 aliphatic heterocycles. The van der Waals surface area contributed by atoms with Crippen LogP contribution in [0.1, 0.15) is 16.8 Å². The van der Waals surface area contributed by atoms with Gasteiger partial charge in [0, 0.05) is 5.69 Å².